The smallest absolute Gasteiger partial charge is 0.173 e. The fourth-order valence-electron chi connectivity index (χ4n) is 2.18. The first-order chi connectivity index (χ1) is 9.86. The molecule has 0 radical (unpaired) electrons. The fraction of sp³-hybridized carbons (Fsp3) is 0.308. The van der Waals surface area contributed by atoms with Gasteiger partial charge in [-0.25, -0.2) is 8.78 Å². The van der Waals surface area contributed by atoms with Gasteiger partial charge in [0.05, 0.1) is 16.2 Å². The molecule has 21 heavy (non-hydrogen) atoms. The molecule has 0 fully saturated rings. The lowest BCUT2D eigenvalue weighted by Gasteiger charge is -2.18. The molecule has 3 N–H and O–H groups in total. The zero-order chi connectivity index (χ0) is 15.7. The first-order valence-electron chi connectivity index (χ1n) is 6.14. The van der Waals surface area contributed by atoms with Crippen molar-refractivity contribution >= 4 is 27.5 Å². The van der Waals surface area contributed by atoms with Crippen LogP contribution in [0.25, 0.3) is 0 Å². The van der Waals surface area contributed by atoms with E-state index in [2.05, 4.69) is 26.5 Å². The van der Waals surface area contributed by atoms with E-state index < -0.39 is 17.7 Å². The van der Waals surface area contributed by atoms with E-state index in [1.165, 1.54) is 6.07 Å². The lowest BCUT2D eigenvalue weighted by atomic mass is 9.99. The van der Waals surface area contributed by atoms with Crippen molar-refractivity contribution in [3.63, 3.8) is 0 Å². The Balaban J connectivity index is 2.39. The first-order valence-corrected chi connectivity index (χ1v) is 7.31. The standard InChI is InChI=1S/C13H14BrClF2N4/c1-6-8(13(15)21(2)20-6)5-10(19-18)7-3-4-9(16)12(17)11(7)14/h3-4,10,19H,5,18H2,1-2H3. The van der Waals surface area contributed by atoms with Crippen LogP contribution >= 0.6 is 27.5 Å². The van der Waals surface area contributed by atoms with Crippen molar-refractivity contribution in [1.82, 2.24) is 15.2 Å². The molecule has 0 aliphatic carbocycles. The molecule has 0 spiro atoms. The first kappa shape index (κ1) is 16.4. The number of nitrogens with two attached hydrogens (primary N) is 1. The summed E-state index contributed by atoms with van der Waals surface area (Å²) in [6.07, 6.45) is 0.401. The number of benzene rings is 1. The van der Waals surface area contributed by atoms with E-state index in [4.69, 9.17) is 17.4 Å². The Kier molecular flexibility index (Phi) is 4.98. The van der Waals surface area contributed by atoms with E-state index >= 15 is 0 Å². The minimum Gasteiger partial charge on any atom is -0.271 e. The van der Waals surface area contributed by atoms with Crippen LogP contribution in [0.1, 0.15) is 22.9 Å². The fourth-order valence-corrected chi connectivity index (χ4v) is 3.03. The van der Waals surface area contributed by atoms with Crippen LogP contribution in [0.2, 0.25) is 5.15 Å². The molecule has 0 bridgehead atoms. The number of hydrogen-bond acceptors (Lipinski definition) is 3. The number of aromatic nitrogens is 2. The molecule has 1 aromatic heterocycles. The van der Waals surface area contributed by atoms with Crippen molar-refractivity contribution < 1.29 is 8.78 Å². The van der Waals surface area contributed by atoms with Gasteiger partial charge in [0.25, 0.3) is 0 Å². The summed E-state index contributed by atoms with van der Waals surface area (Å²) in [7, 11) is 1.73. The zero-order valence-electron chi connectivity index (χ0n) is 11.4. The Morgan fingerprint density at radius 1 is 1.48 bits per heavy atom. The van der Waals surface area contributed by atoms with Crippen LogP contribution in [0, 0.1) is 18.6 Å². The van der Waals surface area contributed by atoms with Gasteiger partial charge in [-0.3, -0.25) is 16.0 Å². The molecule has 1 heterocycles. The minimum atomic E-state index is -0.943. The van der Waals surface area contributed by atoms with Crippen LogP contribution in [-0.4, -0.2) is 9.78 Å². The lowest BCUT2D eigenvalue weighted by Crippen LogP contribution is -2.30. The Morgan fingerprint density at radius 2 is 2.14 bits per heavy atom. The minimum absolute atomic E-state index is 0.0446. The topological polar surface area (TPSA) is 55.9 Å². The van der Waals surface area contributed by atoms with Gasteiger partial charge in [0.2, 0.25) is 0 Å². The summed E-state index contributed by atoms with van der Waals surface area (Å²) in [5.41, 5.74) is 4.68. The Morgan fingerprint density at radius 3 is 2.67 bits per heavy atom. The molecule has 0 aliphatic heterocycles. The van der Waals surface area contributed by atoms with Crippen molar-refractivity contribution in [2.75, 3.05) is 0 Å². The third kappa shape index (κ3) is 3.11. The highest BCUT2D eigenvalue weighted by Gasteiger charge is 2.22. The molecular formula is C13H14BrClF2N4. The van der Waals surface area contributed by atoms with Crippen molar-refractivity contribution in [2.45, 2.75) is 19.4 Å². The van der Waals surface area contributed by atoms with Crippen molar-refractivity contribution in [2.24, 2.45) is 12.9 Å². The monoisotopic (exact) mass is 378 g/mol. The predicted octanol–water partition coefficient (Wildman–Crippen LogP) is 3.17. The molecule has 1 unspecified atom stereocenters. The summed E-state index contributed by atoms with van der Waals surface area (Å²) in [5, 5.41) is 4.71. The molecule has 0 amide bonds. The summed E-state index contributed by atoms with van der Waals surface area (Å²) >= 11 is 9.25. The van der Waals surface area contributed by atoms with Gasteiger partial charge < -0.3 is 0 Å². The van der Waals surface area contributed by atoms with E-state index in [1.807, 2.05) is 6.92 Å². The summed E-state index contributed by atoms with van der Waals surface area (Å²) in [6, 6.07) is 2.11. The predicted molar refractivity (Wildman–Crippen MR) is 80.8 cm³/mol. The van der Waals surface area contributed by atoms with Gasteiger partial charge in [0, 0.05) is 12.6 Å². The van der Waals surface area contributed by atoms with Crippen LogP contribution < -0.4 is 11.3 Å². The van der Waals surface area contributed by atoms with Crippen molar-refractivity contribution in [1.29, 1.82) is 0 Å². The molecular weight excluding hydrogens is 366 g/mol. The molecule has 114 valence electrons. The molecule has 1 aromatic carbocycles. The zero-order valence-corrected chi connectivity index (χ0v) is 13.8. The summed E-state index contributed by atoms with van der Waals surface area (Å²) in [5.74, 6) is 3.70. The van der Waals surface area contributed by atoms with E-state index in [0.29, 0.717) is 17.1 Å². The van der Waals surface area contributed by atoms with Crippen LogP contribution in [0.15, 0.2) is 16.6 Å². The average Bonchev–Trinajstić information content (AvgIpc) is 2.69. The normalized spacial score (nSPS) is 12.7. The maximum Gasteiger partial charge on any atom is 0.173 e. The number of hydrogen-bond donors (Lipinski definition) is 2. The summed E-state index contributed by atoms with van der Waals surface area (Å²) in [4.78, 5) is 0. The largest absolute Gasteiger partial charge is 0.271 e. The second-order valence-corrected chi connectivity index (χ2v) is 5.82. The number of aryl methyl sites for hydroxylation is 2. The summed E-state index contributed by atoms with van der Waals surface area (Å²) in [6.45, 7) is 1.83. The van der Waals surface area contributed by atoms with Gasteiger partial charge in [-0.1, -0.05) is 17.7 Å². The van der Waals surface area contributed by atoms with E-state index in [1.54, 1.807) is 11.7 Å². The molecule has 1 atom stereocenters. The van der Waals surface area contributed by atoms with Crippen LogP contribution in [0.3, 0.4) is 0 Å². The lowest BCUT2D eigenvalue weighted by molar-refractivity contribution is 0.491. The molecule has 2 rings (SSSR count). The van der Waals surface area contributed by atoms with Crippen molar-refractivity contribution in [3.05, 3.63) is 50.2 Å². The molecule has 0 aliphatic rings. The maximum atomic E-state index is 13.7. The maximum absolute atomic E-state index is 13.7. The Hall–Kier alpha value is -1.02. The molecule has 2 aromatic rings. The second kappa shape index (κ2) is 6.39. The van der Waals surface area contributed by atoms with E-state index in [0.717, 1.165) is 17.3 Å². The highest BCUT2D eigenvalue weighted by molar-refractivity contribution is 9.10. The number of nitrogens with zero attached hydrogens (tertiary/aromatic N) is 2. The van der Waals surface area contributed by atoms with Crippen LogP contribution in [0.5, 0.6) is 0 Å². The molecule has 0 saturated carbocycles. The van der Waals surface area contributed by atoms with Gasteiger partial charge >= 0.3 is 0 Å². The third-order valence-electron chi connectivity index (χ3n) is 3.32. The van der Waals surface area contributed by atoms with Crippen LogP contribution in [0.4, 0.5) is 8.78 Å². The SMILES string of the molecule is Cc1nn(C)c(Cl)c1CC(NN)c1ccc(F)c(F)c1Br. The highest BCUT2D eigenvalue weighted by Crippen LogP contribution is 2.31. The second-order valence-electron chi connectivity index (χ2n) is 4.67. The van der Waals surface area contributed by atoms with Gasteiger partial charge in [-0.05, 0) is 40.9 Å². The Bertz CT molecular complexity index is 675. The number of hydrazine groups is 1. The number of nitrogens with one attached hydrogen (secondary N) is 1. The van der Waals surface area contributed by atoms with E-state index in [9.17, 15) is 8.78 Å². The Labute approximate surface area is 134 Å². The highest BCUT2D eigenvalue weighted by atomic mass is 79.9. The van der Waals surface area contributed by atoms with E-state index in [-0.39, 0.29) is 4.47 Å². The quantitative estimate of drug-likeness (QED) is 0.487. The third-order valence-corrected chi connectivity index (χ3v) is 4.60. The molecule has 0 saturated heterocycles. The van der Waals surface area contributed by atoms with Crippen molar-refractivity contribution in [3.8, 4) is 0 Å². The van der Waals surface area contributed by atoms with Gasteiger partial charge in [0.1, 0.15) is 5.15 Å². The van der Waals surface area contributed by atoms with Gasteiger partial charge in [0.15, 0.2) is 11.6 Å². The number of rotatable bonds is 4. The average molecular weight is 380 g/mol. The van der Waals surface area contributed by atoms with Gasteiger partial charge in [-0.15, -0.1) is 0 Å². The number of halogens is 4. The molecule has 8 heteroatoms. The van der Waals surface area contributed by atoms with Crippen LogP contribution in [-0.2, 0) is 13.5 Å². The molecule has 4 nitrogen and oxygen atoms in total. The van der Waals surface area contributed by atoms with Gasteiger partial charge in [-0.2, -0.15) is 5.10 Å². The summed E-state index contributed by atoms with van der Waals surface area (Å²) < 4.78 is 28.5.